The molecule has 1 N–H and O–H groups in total. The van der Waals surface area contributed by atoms with E-state index in [1.54, 1.807) is 35.6 Å². The zero-order valence-electron chi connectivity index (χ0n) is 12.3. The zero-order valence-corrected chi connectivity index (χ0v) is 13.9. The Morgan fingerprint density at radius 1 is 1.32 bits per heavy atom. The fourth-order valence-corrected chi connectivity index (χ4v) is 3.79. The molecule has 116 valence electrons. The number of thiophene rings is 1. The van der Waals surface area contributed by atoms with Gasteiger partial charge >= 0.3 is 0 Å². The highest BCUT2D eigenvalue weighted by atomic mass is 35.5. The van der Waals surface area contributed by atoms with E-state index in [0.717, 1.165) is 13.1 Å². The molecule has 1 aromatic carbocycles. The minimum atomic E-state index is -0.0677. The van der Waals surface area contributed by atoms with Gasteiger partial charge in [-0.2, -0.15) is 11.3 Å². The number of hydrogen-bond acceptors (Lipinski definition) is 3. The van der Waals surface area contributed by atoms with Gasteiger partial charge in [-0.05, 0) is 66.5 Å². The van der Waals surface area contributed by atoms with E-state index in [1.165, 1.54) is 18.4 Å². The highest BCUT2D eigenvalue weighted by Gasteiger charge is 2.24. The Morgan fingerprint density at radius 3 is 2.82 bits per heavy atom. The maximum atomic E-state index is 12.3. The Hall–Kier alpha value is -1.36. The average molecular weight is 335 g/mol. The Bertz CT molecular complexity index is 623. The summed E-state index contributed by atoms with van der Waals surface area (Å²) in [4.78, 5) is 14.8. The summed E-state index contributed by atoms with van der Waals surface area (Å²) in [7, 11) is 0. The van der Waals surface area contributed by atoms with Crippen molar-refractivity contribution in [2.24, 2.45) is 0 Å². The van der Waals surface area contributed by atoms with Crippen molar-refractivity contribution in [1.29, 1.82) is 0 Å². The lowest BCUT2D eigenvalue weighted by Crippen LogP contribution is -2.36. The van der Waals surface area contributed by atoms with Gasteiger partial charge in [-0.25, -0.2) is 0 Å². The van der Waals surface area contributed by atoms with Crippen LogP contribution in [0.3, 0.4) is 0 Å². The first-order chi connectivity index (χ1) is 10.7. The molecule has 0 spiro atoms. The quantitative estimate of drug-likeness (QED) is 0.897. The van der Waals surface area contributed by atoms with Gasteiger partial charge in [0.05, 0.1) is 6.04 Å². The van der Waals surface area contributed by atoms with Crippen LogP contribution in [0.25, 0.3) is 0 Å². The minimum Gasteiger partial charge on any atom is -0.350 e. The molecule has 5 heteroatoms. The number of halogens is 1. The van der Waals surface area contributed by atoms with Crippen LogP contribution in [0.4, 0.5) is 0 Å². The van der Waals surface area contributed by atoms with Crippen molar-refractivity contribution in [3.05, 3.63) is 57.2 Å². The third kappa shape index (κ3) is 3.69. The molecule has 0 bridgehead atoms. The molecular weight excluding hydrogens is 316 g/mol. The van der Waals surface area contributed by atoms with E-state index in [-0.39, 0.29) is 11.9 Å². The molecule has 2 aromatic rings. The summed E-state index contributed by atoms with van der Waals surface area (Å²) in [5.41, 5.74) is 1.90. The standard InChI is InChI=1S/C17H19ClN2OS/c18-15-5-3-4-13(10-15)17(21)19-11-16(14-6-9-22-12-14)20-7-1-2-8-20/h3-6,9-10,12,16H,1-2,7-8,11H2,(H,19,21). The van der Waals surface area contributed by atoms with Crippen LogP contribution in [-0.2, 0) is 0 Å². The smallest absolute Gasteiger partial charge is 0.251 e. The van der Waals surface area contributed by atoms with Crippen molar-refractivity contribution in [3.8, 4) is 0 Å². The Kier molecular flexibility index (Phi) is 5.13. The Labute approximate surface area is 139 Å². The molecule has 1 amide bonds. The lowest BCUT2D eigenvalue weighted by Gasteiger charge is -2.27. The highest BCUT2D eigenvalue weighted by molar-refractivity contribution is 7.07. The molecule has 1 aromatic heterocycles. The van der Waals surface area contributed by atoms with Gasteiger partial charge in [0, 0.05) is 17.1 Å². The van der Waals surface area contributed by atoms with Gasteiger partial charge in [0.25, 0.3) is 5.91 Å². The van der Waals surface area contributed by atoms with Crippen LogP contribution in [0.15, 0.2) is 41.1 Å². The van der Waals surface area contributed by atoms with Crippen LogP contribution in [-0.4, -0.2) is 30.4 Å². The van der Waals surface area contributed by atoms with Gasteiger partial charge in [0.1, 0.15) is 0 Å². The van der Waals surface area contributed by atoms with Gasteiger partial charge in [0.2, 0.25) is 0 Å². The molecule has 2 heterocycles. The second kappa shape index (κ2) is 7.27. The molecule has 1 saturated heterocycles. The van der Waals surface area contributed by atoms with E-state index in [1.807, 2.05) is 0 Å². The topological polar surface area (TPSA) is 32.3 Å². The maximum Gasteiger partial charge on any atom is 0.251 e. The number of hydrogen-bond donors (Lipinski definition) is 1. The summed E-state index contributed by atoms with van der Waals surface area (Å²) in [6.45, 7) is 2.84. The van der Waals surface area contributed by atoms with Crippen molar-refractivity contribution in [2.75, 3.05) is 19.6 Å². The summed E-state index contributed by atoms with van der Waals surface area (Å²) in [5, 5.41) is 7.91. The maximum absolute atomic E-state index is 12.3. The molecular formula is C17H19ClN2OS. The monoisotopic (exact) mass is 334 g/mol. The van der Waals surface area contributed by atoms with Crippen LogP contribution < -0.4 is 5.32 Å². The first kappa shape index (κ1) is 15.5. The Balaban J connectivity index is 1.67. The van der Waals surface area contributed by atoms with Gasteiger partial charge in [0.15, 0.2) is 0 Å². The SMILES string of the molecule is O=C(NCC(c1ccsc1)N1CCCC1)c1cccc(Cl)c1. The fraction of sp³-hybridized carbons (Fsp3) is 0.353. The van der Waals surface area contributed by atoms with Crippen LogP contribution >= 0.6 is 22.9 Å². The number of nitrogens with zero attached hydrogens (tertiary/aromatic N) is 1. The fourth-order valence-electron chi connectivity index (χ4n) is 2.90. The predicted octanol–water partition coefficient (Wildman–Crippen LogP) is 3.97. The van der Waals surface area contributed by atoms with Gasteiger partial charge in [-0.15, -0.1) is 0 Å². The second-order valence-corrected chi connectivity index (χ2v) is 6.75. The van der Waals surface area contributed by atoms with Crippen molar-refractivity contribution in [3.63, 3.8) is 0 Å². The van der Waals surface area contributed by atoms with Gasteiger partial charge in [-0.1, -0.05) is 17.7 Å². The first-order valence-electron chi connectivity index (χ1n) is 7.54. The van der Waals surface area contributed by atoms with Crippen molar-refractivity contribution in [1.82, 2.24) is 10.2 Å². The highest BCUT2D eigenvalue weighted by Crippen LogP contribution is 2.26. The summed E-state index contributed by atoms with van der Waals surface area (Å²) in [6, 6.07) is 9.48. The molecule has 0 saturated carbocycles. The number of likely N-dealkylation sites (tertiary alicyclic amines) is 1. The minimum absolute atomic E-state index is 0.0677. The number of amides is 1. The van der Waals surface area contributed by atoms with Crippen molar-refractivity contribution < 1.29 is 4.79 Å². The van der Waals surface area contributed by atoms with Crippen LogP contribution in [0.5, 0.6) is 0 Å². The van der Waals surface area contributed by atoms with E-state index in [2.05, 4.69) is 27.0 Å². The van der Waals surface area contributed by atoms with Gasteiger partial charge < -0.3 is 5.32 Å². The number of nitrogens with one attached hydrogen (secondary N) is 1. The molecule has 3 nitrogen and oxygen atoms in total. The van der Waals surface area contributed by atoms with E-state index in [0.29, 0.717) is 17.1 Å². The number of benzene rings is 1. The zero-order chi connectivity index (χ0) is 15.4. The molecule has 1 aliphatic rings. The summed E-state index contributed by atoms with van der Waals surface area (Å²) in [6.07, 6.45) is 2.48. The second-order valence-electron chi connectivity index (χ2n) is 5.54. The van der Waals surface area contributed by atoms with E-state index in [9.17, 15) is 4.79 Å². The molecule has 0 aliphatic carbocycles. The first-order valence-corrected chi connectivity index (χ1v) is 8.86. The largest absolute Gasteiger partial charge is 0.350 e. The predicted molar refractivity (Wildman–Crippen MR) is 91.7 cm³/mol. The van der Waals surface area contributed by atoms with Crippen LogP contribution in [0.1, 0.15) is 34.8 Å². The molecule has 1 unspecified atom stereocenters. The molecule has 22 heavy (non-hydrogen) atoms. The molecule has 0 radical (unpaired) electrons. The van der Waals surface area contributed by atoms with Gasteiger partial charge in [-0.3, -0.25) is 9.69 Å². The number of carbonyl (C=O) groups is 1. The molecule has 3 rings (SSSR count). The third-order valence-electron chi connectivity index (χ3n) is 4.05. The lowest BCUT2D eigenvalue weighted by molar-refractivity contribution is 0.0938. The number of rotatable bonds is 5. The van der Waals surface area contributed by atoms with E-state index in [4.69, 9.17) is 11.6 Å². The average Bonchev–Trinajstić information content (AvgIpc) is 3.21. The van der Waals surface area contributed by atoms with Crippen LogP contribution in [0, 0.1) is 0 Å². The lowest BCUT2D eigenvalue weighted by atomic mass is 10.1. The molecule has 1 fully saturated rings. The van der Waals surface area contributed by atoms with E-state index >= 15 is 0 Å². The summed E-state index contributed by atoms with van der Waals surface area (Å²) >= 11 is 7.65. The Morgan fingerprint density at radius 2 is 2.14 bits per heavy atom. The number of carbonyl (C=O) groups excluding carboxylic acids is 1. The van der Waals surface area contributed by atoms with Crippen molar-refractivity contribution >= 4 is 28.8 Å². The normalized spacial score (nSPS) is 16.6. The third-order valence-corrected chi connectivity index (χ3v) is 4.99. The van der Waals surface area contributed by atoms with Crippen molar-refractivity contribution in [2.45, 2.75) is 18.9 Å². The summed E-state index contributed by atoms with van der Waals surface area (Å²) in [5.74, 6) is -0.0677. The van der Waals surface area contributed by atoms with Crippen LogP contribution in [0.2, 0.25) is 5.02 Å². The summed E-state index contributed by atoms with van der Waals surface area (Å²) < 4.78 is 0. The molecule has 1 atom stereocenters. The van der Waals surface area contributed by atoms with E-state index < -0.39 is 0 Å². The molecule has 1 aliphatic heterocycles.